The van der Waals surface area contributed by atoms with Gasteiger partial charge in [-0.3, -0.25) is 9.79 Å². The number of amides is 1. The summed E-state index contributed by atoms with van der Waals surface area (Å²) in [6.45, 7) is 8.00. The number of piperidine rings is 1. The van der Waals surface area contributed by atoms with Crippen molar-refractivity contribution in [2.24, 2.45) is 10.9 Å². The van der Waals surface area contributed by atoms with Crippen LogP contribution in [-0.4, -0.2) is 49.0 Å². The summed E-state index contributed by atoms with van der Waals surface area (Å²) in [5, 5.41) is 6.49. The maximum atomic E-state index is 11.9. The number of halogens is 1. The molecule has 1 amide bonds. The molecule has 134 valence electrons. The molecule has 5 nitrogen and oxygen atoms in total. The van der Waals surface area contributed by atoms with Crippen LogP contribution in [0.2, 0.25) is 0 Å². The van der Waals surface area contributed by atoms with Crippen LogP contribution in [-0.2, 0) is 4.79 Å². The van der Waals surface area contributed by atoms with Crippen molar-refractivity contribution in [1.29, 1.82) is 0 Å². The first-order valence-electron chi connectivity index (χ1n) is 9.01. The third kappa shape index (κ3) is 7.27. The van der Waals surface area contributed by atoms with Crippen molar-refractivity contribution in [3.63, 3.8) is 0 Å². The van der Waals surface area contributed by atoms with E-state index in [2.05, 4.69) is 34.4 Å². The van der Waals surface area contributed by atoms with Crippen LogP contribution in [0, 0.1) is 5.92 Å². The average molecular weight is 436 g/mol. The number of rotatable bonds is 5. The Morgan fingerprint density at radius 3 is 2.43 bits per heavy atom. The lowest BCUT2D eigenvalue weighted by atomic mass is 10.00. The summed E-state index contributed by atoms with van der Waals surface area (Å²) in [6, 6.07) is 0.410. The van der Waals surface area contributed by atoms with Crippen molar-refractivity contribution in [2.75, 3.05) is 26.2 Å². The predicted octanol–water partition coefficient (Wildman–Crippen LogP) is 2.75. The van der Waals surface area contributed by atoms with Gasteiger partial charge in [0.25, 0.3) is 0 Å². The second kappa shape index (κ2) is 11.1. The van der Waals surface area contributed by atoms with E-state index in [9.17, 15) is 4.79 Å². The summed E-state index contributed by atoms with van der Waals surface area (Å²) in [7, 11) is 0. The van der Waals surface area contributed by atoms with Gasteiger partial charge >= 0.3 is 0 Å². The highest BCUT2D eigenvalue weighted by atomic mass is 127. The summed E-state index contributed by atoms with van der Waals surface area (Å²) >= 11 is 0. The molecule has 0 atom stereocenters. The molecule has 2 fully saturated rings. The van der Waals surface area contributed by atoms with Crippen LogP contribution >= 0.6 is 24.0 Å². The minimum absolute atomic E-state index is 0. The Labute approximate surface area is 158 Å². The van der Waals surface area contributed by atoms with Crippen LogP contribution < -0.4 is 10.6 Å². The normalized spacial score (nSPS) is 20.3. The number of nitrogens with zero attached hydrogens (tertiary/aromatic N) is 2. The van der Waals surface area contributed by atoms with Gasteiger partial charge in [-0.2, -0.15) is 0 Å². The molecular weight excluding hydrogens is 403 g/mol. The summed E-state index contributed by atoms with van der Waals surface area (Å²) in [6.07, 6.45) is 7.74. The van der Waals surface area contributed by atoms with Gasteiger partial charge in [-0.25, -0.2) is 0 Å². The van der Waals surface area contributed by atoms with E-state index in [1.54, 1.807) is 0 Å². The van der Waals surface area contributed by atoms with Gasteiger partial charge in [-0.05, 0) is 38.5 Å². The van der Waals surface area contributed by atoms with E-state index in [4.69, 9.17) is 0 Å². The van der Waals surface area contributed by atoms with E-state index >= 15 is 0 Å². The Morgan fingerprint density at radius 1 is 1.17 bits per heavy atom. The van der Waals surface area contributed by atoms with Crippen molar-refractivity contribution in [3.8, 4) is 0 Å². The van der Waals surface area contributed by atoms with E-state index in [0.717, 1.165) is 44.4 Å². The van der Waals surface area contributed by atoms with Gasteiger partial charge in [0.2, 0.25) is 5.91 Å². The SMILES string of the molecule is CCNC(=NCCC(=O)NC1CCCC1)N1CCC(C)CC1.I. The molecule has 23 heavy (non-hydrogen) atoms. The number of carbonyl (C=O) groups is 1. The zero-order valence-electron chi connectivity index (χ0n) is 14.6. The van der Waals surface area contributed by atoms with Crippen LogP contribution in [0.15, 0.2) is 4.99 Å². The second-order valence-electron chi connectivity index (χ2n) is 6.70. The monoisotopic (exact) mass is 436 g/mol. The first-order chi connectivity index (χ1) is 10.7. The average Bonchev–Trinajstić information content (AvgIpc) is 3.00. The predicted molar refractivity (Wildman–Crippen MR) is 106 cm³/mol. The van der Waals surface area contributed by atoms with Crippen molar-refractivity contribution in [3.05, 3.63) is 0 Å². The maximum Gasteiger partial charge on any atom is 0.222 e. The van der Waals surface area contributed by atoms with E-state index in [1.807, 2.05) is 0 Å². The molecule has 1 heterocycles. The fourth-order valence-corrected chi connectivity index (χ4v) is 3.28. The molecule has 2 N–H and O–H groups in total. The molecule has 0 aromatic heterocycles. The van der Waals surface area contributed by atoms with Gasteiger partial charge in [-0.1, -0.05) is 19.8 Å². The largest absolute Gasteiger partial charge is 0.357 e. The Bertz CT molecular complexity index is 375. The number of nitrogens with one attached hydrogen (secondary N) is 2. The third-order valence-electron chi connectivity index (χ3n) is 4.74. The maximum absolute atomic E-state index is 11.9. The molecule has 1 saturated heterocycles. The Kier molecular flexibility index (Phi) is 9.90. The van der Waals surface area contributed by atoms with Crippen LogP contribution in [0.25, 0.3) is 0 Å². The molecule has 6 heteroatoms. The lowest BCUT2D eigenvalue weighted by Gasteiger charge is -2.33. The lowest BCUT2D eigenvalue weighted by Crippen LogP contribution is -2.45. The summed E-state index contributed by atoms with van der Waals surface area (Å²) in [5.41, 5.74) is 0. The smallest absolute Gasteiger partial charge is 0.222 e. The molecule has 0 aromatic rings. The number of aliphatic imine (C=N–C) groups is 1. The van der Waals surface area contributed by atoms with Crippen molar-refractivity contribution >= 4 is 35.8 Å². The highest BCUT2D eigenvalue weighted by molar-refractivity contribution is 14.0. The van der Waals surface area contributed by atoms with Gasteiger partial charge in [-0.15, -0.1) is 24.0 Å². The lowest BCUT2D eigenvalue weighted by molar-refractivity contribution is -0.121. The highest BCUT2D eigenvalue weighted by Crippen LogP contribution is 2.18. The first kappa shape index (κ1) is 20.5. The van der Waals surface area contributed by atoms with E-state index in [0.29, 0.717) is 19.0 Å². The molecule has 1 aliphatic heterocycles. The van der Waals surface area contributed by atoms with Crippen LogP contribution in [0.5, 0.6) is 0 Å². The third-order valence-corrected chi connectivity index (χ3v) is 4.74. The molecule has 1 aliphatic carbocycles. The number of guanidine groups is 1. The fourth-order valence-electron chi connectivity index (χ4n) is 3.28. The minimum atomic E-state index is 0. The molecule has 0 radical (unpaired) electrons. The molecule has 2 rings (SSSR count). The standard InChI is InChI=1S/C17H32N4O.HI/c1-3-18-17(21-12-9-14(2)10-13-21)19-11-8-16(22)20-15-6-4-5-7-15;/h14-15H,3-13H2,1-2H3,(H,18,19)(H,20,22);1H. The molecule has 2 aliphatic rings. The number of carbonyl (C=O) groups excluding carboxylic acids is 1. The van der Waals surface area contributed by atoms with Gasteiger partial charge in [0.15, 0.2) is 5.96 Å². The number of hydrogen-bond donors (Lipinski definition) is 2. The van der Waals surface area contributed by atoms with E-state index in [-0.39, 0.29) is 29.9 Å². The fraction of sp³-hybridized carbons (Fsp3) is 0.882. The zero-order chi connectivity index (χ0) is 15.8. The van der Waals surface area contributed by atoms with Crippen LogP contribution in [0.1, 0.15) is 58.8 Å². The second-order valence-corrected chi connectivity index (χ2v) is 6.70. The molecule has 0 bridgehead atoms. The summed E-state index contributed by atoms with van der Waals surface area (Å²) in [5.74, 6) is 1.94. The molecule has 0 spiro atoms. The van der Waals surface area contributed by atoms with Gasteiger partial charge in [0.05, 0.1) is 6.54 Å². The quantitative estimate of drug-likeness (QED) is 0.396. The Hall–Kier alpha value is -0.530. The highest BCUT2D eigenvalue weighted by Gasteiger charge is 2.19. The topological polar surface area (TPSA) is 56.7 Å². The van der Waals surface area contributed by atoms with Gasteiger partial charge < -0.3 is 15.5 Å². The van der Waals surface area contributed by atoms with Gasteiger partial charge in [0, 0.05) is 32.1 Å². The van der Waals surface area contributed by atoms with Crippen molar-refractivity contribution in [2.45, 2.75) is 64.8 Å². The van der Waals surface area contributed by atoms with Crippen molar-refractivity contribution < 1.29 is 4.79 Å². The Morgan fingerprint density at radius 2 is 1.83 bits per heavy atom. The summed E-state index contributed by atoms with van der Waals surface area (Å²) in [4.78, 5) is 18.9. The minimum Gasteiger partial charge on any atom is -0.357 e. The molecule has 1 saturated carbocycles. The van der Waals surface area contributed by atoms with E-state index < -0.39 is 0 Å². The Balaban J connectivity index is 0.00000264. The van der Waals surface area contributed by atoms with Crippen LogP contribution in [0.4, 0.5) is 0 Å². The molecular formula is C17H33IN4O. The first-order valence-corrected chi connectivity index (χ1v) is 9.01. The summed E-state index contributed by atoms with van der Waals surface area (Å²) < 4.78 is 0. The zero-order valence-corrected chi connectivity index (χ0v) is 17.0. The van der Waals surface area contributed by atoms with E-state index in [1.165, 1.54) is 25.7 Å². The number of likely N-dealkylation sites (tertiary alicyclic amines) is 1. The van der Waals surface area contributed by atoms with Crippen LogP contribution in [0.3, 0.4) is 0 Å². The molecule has 0 aromatic carbocycles. The van der Waals surface area contributed by atoms with Crippen molar-refractivity contribution in [1.82, 2.24) is 15.5 Å². The molecule has 0 unspecified atom stereocenters. The number of hydrogen-bond acceptors (Lipinski definition) is 2. The van der Waals surface area contributed by atoms with Gasteiger partial charge in [0.1, 0.15) is 0 Å².